The third-order valence-electron chi connectivity index (χ3n) is 3.07. The van der Waals surface area contributed by atoms with Gasteiger partial charge in [-0.15, -0.1) is 0 Å². The lowest BCUT2D eigenvalue weighted by molar-refractivity contribution is -0.137. The van der Waals surface area contributed by atoms with Crippen molar-refractivity contribution in [3.8, 4) is 0 Å². The molecule has 0 saturated carbocycles. The van der Waals surface area contributed by atoms with E-state index in [-0.39, 0.29) is 18.2 Å². The van der Waals surface area contributed by atoms with Gasteiger partial charge in [-0.05, 0) is 6.42 Å². The van der Waals surface area contributed by atoms with E-state index in [9.17, 15) is 9.59 Å². The molecule has 1 fully saturated rings. The molecule has 0 spiro atoms. The highest BCUT2D eigenvalue weighted by Gasteiger charge is 2.35. The van der Waals surface area contributed by atoms with Gasteiger partial charge in [-0.3, -0.25) is 19.2 Å². The summed E-state index contributed by atoms with van der Waals surface area (Å²) in [5.41, 5.74) is 1.03. The average Bonchev–Trinajstić information content (AvgIpc) is 2.88. The standard InChI is InChI=1S/C12H18N4O2/c1-3-4-16-8-9(7-14-16)6-13-10-5-11(17)15(2)12(10)18/h7-8,10,13H,3-6H2,1-2H3. The maximum Gasteiger partial charge on any atom is 0.246 e. The minimum Gasteiger partial charge on any atom is -0.301 e. The van der Waals surface area contributed by atoms with Crippen LogP contribution in [-0.2, 0) is 22.7 Å². The van der Waals surface area contributed by atoms with E-state index in [1.165, 1.54) is 11.9 Å². The van der Waals surface area contributed by atoms with Gasteiger partial charge >= 0.3 is 0 Å². The van der Waals surface area contributed by atoms with Gasteiger partial charge in [0.25, 0.3) is 0 Å². The molecule has 2 heterocycles. The van der Waals surface area contributed by atoms with Gasteiger partial charge in [-0.2, -0.15) is 5.10 Å². The number of likely N-dealkylation sites (tertiary alicyclic amines) is 1. The van der Waals surface area contributed by atoms with Crippen LogP contribution in [-0.4, -0.2) is 39.6 Å². The fourth-order valence-electron chi connectivity index (χ4n) is 2.01. The largest absolute Gasteiger partial charge is 0.301 e. The molecule has 6 heteroatoms. The number of aryl methyl sites for hydroxylation is 1. The van der Waals surface area contributed by atoms with Crippen molar-refractivity contribution in [1.29, 1.82) is 0 Å². The summed E-state index contributed by atoms with van der Waals surface area (Å²) in [4.78, 5) is 24.2. The number of nitrogens with zero attached hydrogens (tertiary/aromatic N) is 3. The molecule has 2 amide bonds. The molecular weight excluding hydrogens is 232 g/mol. The minimum atomic E-state index is -0.392. The molecular formula is C12H18N4O2. The molecule has 0 aliphatic carbocycles. The summed E-state index contributed by atoms with van der Waals surface area (Å²) in [6.07, 6.45) is 5.03. The third-order valence-corrected chi connectivity index (χ3v) is 3.07. The maximum absolute atomic E-state index is 11.7. The first-order valence-corrected chi connectivity index (χ1v) is 6.17. The summed E-state index contributed by atoms with van der Waals surface area (Å²) in [5, 5.41) is 7.31. The van der Waals surface area contributed by atoms with Crippen molar-refractivity contribution < 1.29 is 9.59 Å². The molecule has 1 atom stereocenters. The second-order valence-corrected chi connectivity index (χ2v) is 4.54. The molecule has 6 nitrogen and oxygen atoms in total. The van der Waals surface area contributed by atoms with Crippen molar-refractivity contribution in [2.75, 3.05) is 7.05 Å². The Morgan fingerprint density at radius 3 is 2.89 bits per heavy atom. The number of imide groups is 1. The molecule has 18 heavy (non-hydrogen) atoms. The van der Waals surface area contributed by atoms with Crippen LogP contribution in [0.25, 0.3) is 0 Å². The summed E-state index contributed by atoms with van der Waals surface area (Å²) < 4.78 is 1.88. The Morgan fingerprint density at radius 2 is 2.28 bits per heavy atom. The molecule has 0 bridgehead atoms. The zero-order valence-electron chi connectivity index (χ0n) is 10.7. The Labute approximate surface area is 106 Å². The molecule has 1 aromatic rings. The fourth-order valence-corrected chi connectivity index (χ4v) is 2.01. The third kappa shape index (κ3) is 2.59. The monoisotopic (exact) mass is 250 g/mol. The van der Waals surface area contributed by atoms with Gasteiger partial charge in [0.15, 0.2) is 0 Å². The lowest BCUT2D eigenvalue weighted by Crippen LogP contribution is -2.36. The summed E-state index contributed by atoms with van der Waals surface area (Å²) >= 11 is 0. The van der Waals surface area contributed by atoms with Gasteiger partial charge in [0.05, 0.1) is 18.7 Å². The molecule has 1 saturated heterocycles. The van der Waals surface area contributed by atoms with Gasteiger partial charge in [-0.1, -0.05) is 6.92 Å². The summed E-state index contributed by atoms with van der Waals surface area (Å²) in [7, 11) is 1.52. The van der Waals surface area contributed by atoms with E-state index in [1.54, 1.807) is 6.20 Å². The number of carbonyl (C=O) groups excluding carboxylic acids is 2. The van der Waals surface area contributed by atoms with Crippen LogP contribution >= 0.6 is 0 Å². The van der Waals surface area contributed by atoms with E-state index >= 15 is 0 Å². The number of carbonyl (C=O) groups is 2. The van der Waals surface area contributed by atoms with E-state index < -0.39 is 6.04 Å². The number of hydrogen-bond donors (Lipinski definition) is 1. The quantitative estimate of drug-likeness (QED) is 0.755. The number of nitrogens with one attached hydrogen (secondary N) is 1. The number of hydrogen-bond acceptors (Lipinski definition) is 4. The number of aromatic nitrogens is 2. The average molecular weight is 250 g/mol. The first-order chi connectivity index (χ1) is 8.61. The van der Waals surface area contributed by atoms with Crippen molar-refractivity contribution in [3.63, 3.8) is 0 Å². The molecule has 1 aliphatic heterocycles. The molecule has 0 aromatic carbocycles. The highest BCUT2D eigenvalue weighted by Crippen LogP contribution is 2.11. The molecule has 1 N–H and O–H groups in total. The van der Waals surface area contributed by atoms with E-state index in [2.05, 4.69) is 17.3 Å². The van der Waals surface area contributed by atoms with Crippen LogP contribution in [0, 0.1) is 0 Å². The van der Waals surface area contributed by atoms with Crippen LogP contribution in [0.3, 0.4) is 0 Å². The Bertz CT molecular complexity index is 455. The van der Waals surface area contributed by atoms with Crippen molar-refractivity contribution in [2.24, 2.45) is 0 Å². The van der Waals surface area contributed by atoms with Gasteiger partial charge in [0.2, 0.25) is 11.8 Å². The van der Waals surface area contributed by atoms with Crippen LogP contribution in [0.1, 0.15) is 25.3 Å². The van der Waals surface area contributed by atoms with Crippen LogP contribution < -0.4 is 5.32 Å². The second-order valence-electron chi connectivity index (χ2n) is 4.54. The maximum atomic E-state index is 11.7. The predicted octanol–water partition coefficient (Wildman–Crippen LogP) is 0.140. The van der Waals surface area contributed by atoms with Crippen LogP contribution in [0.15, 0.2) is 12.4 Å². The van der Waals surface area contributed by atoms with Crippen molar-refractivity contribution in [1.82, 2.24) is 20.0 Å². The zero-order chi connectivity index (χ0) is 13.1. The smallest absolute Gasteiger partial charge is 0.246 e. The normalized spacial score (nSPS) is 19.9. The predicted molar refractivity (Wildman–Crippen MR) is 65.5 cm³/mol. The first kappa shape index (κ1) is 12.8. The SMILES string of the molecule is CCCn1cc(CNC2CC(=O)N(C)C2=O)cn1. The van der Waals surface area contributed by atoms with Crippen LogP contribution in [0.5, 0.6) is 0 Å². The van der Waals surface area contributed by atoms with Crippen molar-refractivity contribution in [3.05, 3.63) is 18.0 Å². The summed E-state index contributed by atoms with van der Waals surface area (Å²) in [6, 6.07) is -0.392. The van der Waals surface area contributed by atoms with E-state index in [1.807, 2.05) is 10.9 Å². The molecule has 1 unspecified atom stereocenters. The second kappa shape index (κ2) is 5.30. The fraction of sp³-hybridized carbons (Fsp3) is 0.583. The van der Waals surface area contributed by atoms with Gasteiger partial charge < -0.3 is 5.32 Å². The zero-order valence-corrected chi connectivity index (χ0v) is 10.7. The molecule has 1 aliphatic rings. The number of amides is 2. The Balaban J connectivity index is 1.88. The lowest BCUT2D eigenvalue weighted by Gasteiger charge is -2.09. The molecule has 1 aromatic heterocycles. The Kier molecular flexibility index (Phi) is 3.76. The summed E-state index contributed by atoms with van der Waals surface area (Å²) in [6.45, 7) is 3.54. The van der Waals surface area contributed by atoms with Crippen LogP contribution in [0.2, 0.25) is 0 Å². The molecule has 2 rings (SSSR count). The van der Waals surface area contributed by atoms with Crippen LogP contribution in [0.4, 0.5) is 0 Å². The highest BCUT2D eigenvalue weighted by atomic mass is 16.2. The number of rotatable bonds is 5. The topological polar surface area (TPSA) is 67.2 Å². The Morgan fingerprint density at radius 1 is 1.50 bits per heavy atom. The first-order valence-electron chi connectivity index (χ1n) is 6.17. The molecule has 0 radical (unpaired) electrons. The van der Waals surface area contributed by atoms with E-state index in [4.69, 9.17) is 0 Å². The van der Waals surface area contributed by atoms with Gasteiger partial charge in [-0.25, -0.2) is 0 Å². The number of likely N-dealkylation sites (N-methyl/N-ethyl adjacent to an activating group) is 1. The van der Waals surface area contributed by atoms with Gasteiger partial charge in [0, 0.05) is 31.9 Å². The molecule has 98 valence electrons. The highest BCUT2D eigenvalue weighted by molar-refractivity contribution is 6.05. The summed E-state index contributed by atoms with van der Waals surface area (Å²) in [5.74, 6) is -0.278. The minimum absolute atomic E-state index is 0.126. The van der Waals surface area contributed by atoms with E-state index in [0.717, 1.165) is 18.5 Å². The van der Waals surface area contributed by atoms with Gasteiger partial charge in [0.1, 0.15) is 0 Å². The lowest BCUT2D eigenvalue weighted by atomic mass is 10.2. The Hall–Kier alpha value is -1.69. The van der Waals surface area contributed by atoms with Crippen molar-refractivity contribution in [2.45, 2.75) is 38.9 Å². The van der Waals surface area contributed by atoms with E-state index in [0.29, 0.717) is 6.54 Å². The van der Waals surface area contributed by atoms with Crippen molar-refractivity contribution >= 4 is 11.8 Å².